The molecule has 0 bridgehead atoms. The van der Waals surface area contributed by atoms with Crippen LogP contribution in [0.2, 0.25) is 15.1 Å². The van der Waals surface area contributed by atoms with Crippen LogP contribution >= 0.6 is 46.6 Å². The molecule has 0 aliphatic rings. The van der Waals surface area contributed by atoms with Gasteiger partial charge in [-0.2, -0.15) is 0 Å². The number of rotatable bonds is 12. The van der Waals surface area contributed by atoms with Gasteiger partial charge < -0.3 is 10.2 Å². The van der Waals surface area contributed by atoms with E-state index in [1.54, 1.807) is 35.2 Å². The van der Waals surface area contributed by atoms with E-state index in [-0.39, 0.29) is 17.6 Å². The molecule has 2 aromatic rings. The van der Waals surface area contributed by atoms with Gasteiger partial charge in [0.15, 0.2) is 0 Å². The number of carbonyl (C=O) groups excluding carboxylic acids is 2. The summed E-state index contributed by atoms with van der Waals surface area (Å²) in [6.45, 7) is 4.93. The largest absolute Gasteiger partial charge is 0.354 e. The van der Waals surface area contributed by atoms with Crippen LogP contribution < -0.4 is 5.32 Å². The van der Waals surface area contributed by atoms with Crippen LogP contribution in [0.15, 0.2) is 42.5 Å². The van der Waals surface area contributed by atoms with E-state index in [1.807, 2.05) is 19.1 Å². The van der Waals surface area contributed by atoms with Crippen molar-refractivity contribution in [3.8, 4) is 0 Å². The molecule has 8 heteroatoms. The fraction of sp³-hybridized carbons (Fsp3) is 0.417. The maximum Gasteiger partial charge on any atom is 0.242 e. The average Bonchev–Trinajstić information content (AvgIpc) is 2.77. The molecule has 4 nitrogen and oxygen atoms in total. The van der Waals surface area contributed by atoms with Gasteiger partial charge in [-0.1, -0.05) is 73.3 Å². The lowest BCUT2D eigenvalue weighted by atomic mass is 10.1. The van der Waals surface area contributed by atoms with E-state index < -0.39 is 6.04 Å². The van der Waals surface area contributed by atoms with E-state index in [2.05, 4.69) is 12.2 Å². The molecule has 0 aromatic heterocycles. The molecular formula is C24H29Cl3N2O2S. The number of halogens is 3. The predicted octanol–water partition coefficient (Wildman–Crippen LogP) is 6.60. The minimum absolute atomic E-state index is 0.106. The van der Waals surface area contributed by atoms with E-state index in [9.17, 15) is 9.59 Å². The van der Waals surface area contributed by atoms with Crippen LogP contribution in [0, 0.1) is 0 Å². The second kappa shape index (κ2) is 14.0. The summed E-state index contributed by atoms with van der Waals surface area (Å²) < 4.78 is 0. The van der Waals surface area contributed by atoms with Crippen molar-refractivity contribution < 1.29 is 9.59 Å². The van der Waals surface area contributed by atoms with E-state index in [4.69, 9.17) is 34.8 Å². The summed E-state index contributed by atoms with van der Waals surface area (Å²) in [7, 11) is 0. The maximum absolute atomic E-state index is 13.2. The summed E-state index contributed by atoms with van der Waals surface area (Å²) in [5.74, 6) is 0.500. The van der Waals surface area contributed by atoms with Crippen molar-refractivity contribution in [1.29, 1.82) is 0 Å². The van der Waals surface area contributed by atoms with Crippen LogP contribution in [-0.4, -0.2) is 35.1 Å². The Bertz CT molecular complexity index is 873. The summed E-state index contributed by atoms with van der Waals surface area (Å²) in [6.07, 6.45) is 2.42. The molecule has 0 spiro atoms. The molecule has 0 saturated heterocycles. The van der Waals surface area contributed by atoms with E-state index in [0.29, 0.717) is 40.3 Å². The van der Waals surface area contributed by atoms with Crippen molar-refractivity contribution >= 4 is 58.4 Å². The molecule has 0 saturated carbocycles. The fourth-order valence-electron chi connectivity index (χ4n) is 3.21. The first-order valence-electron chi connectivity index (χ1n) is 10.7. The Balaban J connectivity index is 2.13. The van der Waals surface area contributed by atoms with Crippen LogP contribution in [0.5, 0.6) is 0 Å². The molecular weight excluding hydrogens is 487 g/mol. The second-order valence-electron chi connectivity index (χ2n) is 7.41. The van der Waals surface area contributed by atoms with E-state index in [1.165, 1.54) is 11.8 Å². The minimum atomic E-state index is -0.542. The van der Waals surface area contributed by atoms with Gasteiger partial charge >= 0.3 is 0 Å². The lowest BCUT2D eigenvalue weighted by molar-refractivity contribution is -0.139. The number of thioether (sulfide) groups is 1. The molecule has 174 valence electrons. The number of hydrogen-bond donors (Lipinski definition) is 1. The average molecular weight is 516 g/mol. The zero-order valence-electron chi connectivity index (χ0n) is 18.4. The van der Waals surface area contributed by atoms with E-state index in [0.717, 1.165) is 24.0 Å². The van der Waals surface area contributed by atoms with Crippen LogP contribution in [0.25, 0.3) is 0 Å². The molecule has 1 N–H and O–H groups in total. The first-order valence-corrected chi connectivity index (χ1v) is 13.0. The molecule has 2 amide bonds. The molecule has 0 heterocycles. The predicted molar refractivity (Wildman–Crippen MR) is 137 cm³/mol. The van der Waals surface area contributed by atoms with Gasteiger partial charge in [0.05, 0.1) is 5.75 Å². The van der Waals surface area contributed by atoms with Gasteiger partial charge in [0.2, 0.25) is 11.8 Å². The number of nitrogens with zero attached hydrogens (tertiary/aromatic N) is 1. The molecule has 0 unspecified atom stereocenters. The van der Waals surface area contributed by atoms with Crippen molar-refractivity contribution in [1.82, 2.24) is 10.2 Å². The Hall–Kier alpha value is -1.40. The minimum Gasteiger partial charge on any atom is -0.354 e. The first kappa shape index (κ1) is 26.8. The summed E-state index contributed by atoms with van der Waals surface area (Å²) in [4.78, 5) is 27.8. The Kier molecular flexibility index (Phi) is 11.7. The summed E-state index contributed by atoms with van der Waals surface area (Å²) in [5, 5.41) is 4.76. The molecule has 0 radical (unpaired) electrons. The van der Waals surface area contributed by atoms with Gasteiger partial charge in [0.1, 0.15) is 6.04 Å². The zero-order valence-corrected chi connectivity index (χ0v) is 21.5. The number of nitrogens with one attached hydrogen (secondary N) is 1. The Morgan fingerprint density at radius 1 is 1.03 bits per heavy atom. The van der Waals surface area contributed by atoms with Crippen molar-refractivity contribution in [2.45, 2.75) is 51.4 Å². The highest BCUT2D eigenvalue weighted by molar-refractivity contribution is 7.99. The number of benzene rings is 2. The smallest absolute Gasteiger partial charge is 0.242 e. The lowest BCUT2D eigenvalue weighted by Crippen LogP contribution is -2.49. The highest BCUT2D eigenvalue weighted by Crippen LogP contribution is 2.28. The van der Waals surface area contributed by atoms with Crippen molar-refractivity contribution in [2.24, 2.45) is 0 Å². The van der Waals surface area contributed by atoms with Crippen molar-refractivity contribution in [3.63, 3.8) is 0 Å². The number of hydrogen-bond acceptors (Lipinski definition) is 3. The highest BCUT2D eigenvalue weighted by atomic mass is 35.5. The monoisotopic (exact) mass is 514 g/mol. The maximum atomic E-state index is 13.2. The van der Waals surface area contributed by atoms with Gasteiger partial charge in [0, 0.05) is 33.9 Å². The summed E-state index contributed by atoms with van der Waals surface area (Å²) in [6, 6.07) is 12.1. The molecule has 1 atom stereocenters. The molecule has 0 aliphatic heterocycles. The number of carbonyl (C=O) groups is 2. The summed E-state index contributed by atoms with van der Waals surface area (Å²) >= 11 is 19.9. The van der Waals surface area contributed by atoms with Crippen molar-refractivity contribution in [2.75, 3.05) is 12.3 Å². The summed E-state index contributed by atoms with van der Waals surface area (Å²) in [5.41, 5.74) is 1.73. The molecule has 0 aliphatic carbocycles. The van der Waals surface area contributed by atoms with Crippen LogP contribution in [0.3, 0.4) is 0 Å². The van der Waals surface area contributed by atoms with Crippen LogP contribution in [0.1, 0.15) is 44.2 Å². The second-order valence-corrected chi connectivity index (χ2v) is 9.65. The SMILES string of the molecule is CCCCNC(=O)[C@H](CC)N(Cc1ccc(Cl)cc1)C(=O)CSCc1c(Cl)cccc1Cl. The molecule has 32 heavy (non-hydrogen) atoms. The quantitative estimate of drug-likeness (QED) is 0.324. The number of unbranched alkanes of at least 4 members (excludes halogenated alkanes) is 1. The molecule has 0 fully saturated rings. The zero-order chi connectivity index (χ0) is 23.5. The van der Waals surface area contributed by atoms with Gasteiger partial charge in [0.25, 0.3) is 0 Å². The molecule has 2 aromatic carbocycles. The van der Waals surface area contributed by atoms with Gasteiger partial charge in [-0.15, -0.1) is 11.8 Å². The third kappa shape index (κ3) is 8.18. The van der Waals surface area contributed by atoms with Crippen LogP contribution in [-0.2, 0) is 21.9 Å². The van der Waals surface area contributed by atoms with E-state index >= 15 is 0 Å². The number of amides is 2. The van der Waals surface area contributed by atoms with Gasteiger partial charge in [-0.25, -0.2) is 0 Å². The fourth-order valence-corrected chi connectivity index (χ4v) is 4.98. The third-order valence-corrected chi connectivity index (χ3v) is 6.92. The Morgan fingerprint density at radius 3 is 2.28 bits per heavy atom. The standard InChI is InChI=1S/C24H29Cl3N2O2S/c1-3-5-13-28-24(31)22(4-2)29(14-17-9-11-18(25)12-10-17)23(30)16-32-15-19-20(26)7-6-8-21(19)27/h6-12,22H,3-5,13-16H2,1-2H3,(H,28,31)/t22-/m0/s1. The third-order valence-electron chi connectivity index (χ3n) is 5.02. The van der Waals surface area contributed by atoms with Crippen LogP contribution in [0.4, 0.5) is 0 Å². The first-order chi connectivity index (χ1) is 15.4. The highest BCUT2D eigenvalue weighted by Gasteiger charge is 2.28. The normalized spacial score (nSPS) is 11.8. The topological polar surface area (TPSA) is 49.4 Å². The van der Waals surface area contributed by atoms with Crippen molar-refractivity contribution in [3.05, 3.63) is 68.7 Å². The molecule has 2 rings (SSSR count). The lowest BCUT2D eigenvalue weighted by Gasteiger charge is -2.30. The Morgan fingerprint density at radius 2 is 1.69 bits per heavy atom. The van der Waals surface area contributed by atoms with Gasteiger partial charge in [-0.05, 0) is 48.2 Å². The Labute approximate surface area is 210 Å². The van der Waals surface area contributed by atoms with Gasteiger partial charge in [-0.3, -0.25) is 9.59 Å².